The van der Waals surface area contributed by atoms with Crippen molar-refractivity contribution in [2.45, 2.75) is 68.5 Å². The Hall–Kier alpha value is -9.19. The molecule has 1 aliphatic rings. The third-order valence-corrected chi connectivity index (χ3v) is 11.9. The van der Waals surface area contributed by atoms with Gasteiger partial charge in [0.15, 0.2) is 51.7 Å². The second-order valence-corrected chi connectivity index (χ2v) is 18.6. The molecule has 6 aromatic heterocycles. The van der Waals surface area contributed by atoms with Gasteiger partial charge in [-0.2, -0.15) is 26.3 Å². The number of benzene rings is 2. The number of aliphatic carboxylic acids is 2. The zero-order chi connectivity index (χ0) is 63.1. The summed E-state index contributed by atoms with van der Waals surface area (Å²) in [5.74, 6) is -11.8. The third kappa shape index (κ3) is 15.5. The molecule has 2 amide bonds. The average Bonchev–Trinajstić information content (AvgIpc) is 2.59. The van der Waals surface area contributed by atoms with E-state index in [9.17, 15) is 77.0 Å². The SMILES string of the molecule is CC1(C)NC[C@@](C(N)=O)(C(F)(F)F)O1.Fc1ccc(F)c(Cc2nc(-c3ncc(F)c(Cl)n3)cn3ccnc23)c1.NC(=O)[C@](O)(CNc1nc(-c2cn3ccnc3c(Cc3cc(F)ccc3F)n2)ncc1F)C(F)(F)F.O=C(O)C[C@@H](O)C(=O)O. The summed E-state index contributed by atoms with van der Waals surface area (Å²) in [4.78, 5) is 73.8. The predicted molar refractivity (Wildman–Crippen MR) is 267 cm³/mol. The molecule has 1 saturated heterocycles. The minimum atomic E-state index is -5.45. The molecule has 0 spiro atoms. The van der Waals surface area contributed by atoms with E-state index in [4.69, 9.17) is 32.7 Å². The highest BCUT2D eigenvalue weighted by Crippen LogP contribution is 2.40. The van der Waals surface area contributed by atoms with Gasteiger partial charge in [-0.25, -0.2) is 71.0 Å². The predicted octanol–water partition coefficient (Wildman–Crippen LogP) is 5.27. The van der Waals surface area contributed by atoms with Crippen molar-refractivity contribution in [2.24, 2.45) is 11.5 Å². The number of nitrogens with zero attached hydrogens (tertiary/aromatic N) is 10. The number of fused-ring (bicyclic) bond motifs is 2. The van der Waals surface area contributed by atoms with E-state index in [1.54, 1.807) is 23.0 Å². The number of anilines is 1. The van der Waals surface area contributed by atoms with Gasteiger partial charge in [0.1, 0.15) is 40.4 Å². The van der Waals surface area contributed by atoms with Crippen LogP contribution in [-0.4, -0.2) is 141 Å². The standard InChI is InChI=1S/C21H15F6N7O2.C17H9ClF3N5.C7H11F3N2O2.C4H6O5/c22-11-1-2-12(23)10(5-11)6-14-18-29-3-4-34(18)8-15(32-14)17-30-7-13(24)16(33-17)31-9-20(36,19(28)35)21(25,26)27;18-15-12(21)7-23-16(25-15)14-8-26-4-3-22-17(26)13(24-14)6-9-5-10(19)1-2-11(9)20;1-5(2)12-3-6(14-5,4(11)13)7(8,9)10;5-2(4(8)9)1-3(6)7/h1-5,7-8,36H,6,9H2,(H2,28,35)(H,30,31,33);1-5,7-8H,6H2;12H,3H2,1-2H3,(H2,11,13);2,5H,1H2,(H,6,7)(H,8,9)/t20-;;6-;2-/m1.11/s1. The smallest absolute Gasteiger partial charge is 0.428 e. The van der Waals surface area contributed by atoms with Gasteiger partial charge in [-0.3, -0.25) is 19.7 Å². The van der Waals surface area contributed by atoms with Crippen LogP contribution >= 0.6 is 11.6 Å². The number of carboxylic acid groups (broad SMARTS) is 2. The lowest BCUT2D eigenvalue weighted by Crippen LogP contribution is -2.59. The molecule has 10 N–H and O–H groups in total. The van der Waals surface area contributed by atoms with Crippen molar-refractivity contribution in [3.05, 3.63) is 149 Å². The number of halogens is 13. The van der Waals surface area contributed by atoms with Gasteiger partial charge < -0.3 is 50.7 Å². The minimum Gasteiger partial charge on any atom is -0.481 e. The zero-order valence-electron chi connectivity index (χ0n) is 43.1. The van der Waals surface area contributed by atoms with E-state index in [2.05, 4.69) is 55.7 Å². The Morgan fingerprint density at radius 1 is 0.741 bits per heavy atom. The molecule has 0 bridgehead atoms. The fourth-order valence-corrected chi connectivity index (χ4v) is 7.45. The summed E-state index contributed by atoms with van der Waals surface area (Å²) < 4.78 is 168. The molecule has 85 heavy (non-hydrogen) atoms. The molecule has 0 saturated carbocycles. The summed E-state index contributed by atoms with van der Waals surface area (Å²) in [6, 6.07) is 6.09. The first-order valence-electron chi connectivity index (χ1n) is 23.6. The highest BCUT2D eigenvalue weighted by Gasteiger charge is 2.66. The lowest BCUT2D eigenvalue weighted by molar-refractivity contribution is -0.266. The summed E-state index contributed by atoms with van der Waals surface area (Å²) in [6.45, 7) is 0.600. The molecule has 7 heterocycles. The van der Waals surface area contributed by atoms with E-state index >= 15 is 0 Å². The number of aromatic nitrogens is 10. The first-order chi connectivity index (χ1) is 39.5. The molecule has 452 valence electrons. The number of imidazole rings is 2. The van der Waals surface area contributed by atoms with Crippen LogP contribution in [0.25, 0.3) is 34.3 Å². The Kier molecular flexibility index (Phi) is 19.7. The van der Waals surface area contributed by atoms with E-state index in [1.807, 2.05) is 5.32 Å². The van der Waals surface area contributed by atoms with Crippen molar-refractivity contribution >= 4 is 52.5 Å². The number of aliphatic hydroxyl groups excluding tert-OH is 1. The molecule has 3 atom stereocenters. The van der Waals surface area contributed by atoms with Crippen LogP contribution in [0.3, 0.4) is 0 Å². The van der Waals surface area contributed by atoms with Crippen LogP contribution in [0.4, 0.5) is 58.5 Å². The molecule has 0 radical (unpaired) electrons. The maximum atomic E-state index is 14.2. The van der Waals surface area contributed by atoms with Crippen molar-refractivity contribution < 1.29 is 97.0 Å². The van der Waals surface area contributed by atoms with E-state index in [0.717, 1.165) is 42.6 Å². The second kappa shape index (κ2) is 25.7. The van der Waals surface area contributed by atoms with Crippen LogP contribution in [0, 0.1) is 34.9 Å². The molecule has 23 nitrogen and oxygen atoms in total. The maximum absolute atomic E-state index is 14.2. The van der Waals surface area contributed by atoms with Crippen molar-refractivity contribution in [2.75, 3.05) is 18.4 Å². The van der Waals surface area contributed by atoms with Crippen LogP contribution < -0.4 is 22.1 Å². The van der Waals surface area contributed by atoms with Crippen molar-refractivity contribution in [3.8, 4) is 23.0 Å². The quantitative estimate of drug-likeness (QED) is 0.0508. The average molecular weight is 1230 g/mol. The van der Waals surface area contributed by atoms with Gasteiger partial charge in [0.25, 0.3) is 23.0 Å². The Bertz CT molecular complexity index is 3800. The van der Waals surface area contributed by atoms with Gasteiger partial charge in [-0.1, -0.05) is 11.6 Å². The number of ether oxygens (including phenoxy) is 1. The van der Waals surface area contributed by atoms with Crippen molar-refractivity contribution in [1.29, 1.82) is 0 Å². The first kappa shape index (κ1) is 65.0. The van der Waals surface area contributed by atoms with Gasteiger partial charge in [0, 0.05) is 56.6 Å². The van der Waals surface area contributed by atoms with Gasteiger partial charge in [0.05, 0.1) is 36.7 Å². The van der Waals surface area contributed by atoms with Gasteiger partial charge >= 0.3 is 24.3 Å². The number of aliphatic hydroxyl groups is 2. The number of nitrogens with one attached hydrogen (secondary N) is 2. The Morgan fingerprint density at radius 3 is 1.60 bits per heavy atom. The van der Waals surface area contributed by atoms with Crippen LogP contribution in [0.15, 0.2) is 86.0 Å². The maximum Gasteiger partial charge on any atom is 0.428 e. The van der Waals surface area contributed by atoms with Crippen LogP contribution in [-0.2, 0) is 36.8 Å². The molecule has 8 aromatic rings. The first-order valence-corrected chi connectivity index (χ1v) is 23.9. The summed E-state index contributed by atoms with van der Waals surface area (Å²) in [7, 11) is 0. The summed E-state index contributed by atoms with van der Waals surface area (Å²) >= 11 is 5.70. The number of rotatable bonds is 14. The molecular weight excluding hydrogens is 1190 g/mol. The van der Waals surface area contributed by atoms with Crippen LogP contribution in [0.5, 0.6) is 0 Å². The lowest BCUT2D eigenvalue weighted by atomic mass is 10.0. The van der Waals surface area contributed by atoms with E-state index < -0.39 is 119 Å². The Labute approximate surface area is 472 Å². The topological polar surface area (TPSA) is 346 Å². The molecule has 1 fully saturated rings. The van der Waals surface area contributed by atoms with E-state index in [-0.39, 0.29) is 52.2 Å². The van der Waals surface area contributed by atoms with E-state index in [0.29, 0.717) is 28.9 Å². The highest BCUT2D eigenvalue weighted by molar-refractivity contribution is 6.29. The number of alkyl halides is 6. The van der Waals surface area contributed by atoms with Crippen LogP contribution in [0.2, 0.25) is 5.15 Å². The highest BCUT2D eigenvalue weighted by atomic mass is 35.5. The number of primary amides is 2. The molecular formula is C49H41ClF12N14O9. The van der Waals surface area contributed by atoms with Crippen molar-refractivity contribution in [1.82, 2.24) is 54.0 Å². The molecule has 1 aliphatic heterocycles. The lowest BCUT2D eigenvalue weighted by Gasteiger charge is -2.29. The fourth-order valence-electron chi connectivity index (χ4n) is 7.32. The minimum absolute atomic E-state index is 0.00682. The Balaban J connectivity index is 0.000000204. The van der Waals surface area contributed by atoms with Crippen molar-refractivity contribution in [3.63, 3.8) is 0 Å². The molecule has 0 unspecified atom stereocenters. The molecule has 2 aromatic carbocycles. The van der Waals surface area contributed by atoms with Gasteiger partial charge in [-0.05, 0) is 61.4 Å². The second-order valence-electron chi connectivity index (χ2n) is 18.2. The summed E-state index contributed by atoms with van der Waals surface area (Å²) in [5, 5.41) is 37.8. The monoisotopic (exact) mass is 1230 g/mol. The molecule has 9 rings (SSSR count). The van der Waals surface area contributed by atoms with Gasteiger partial charge in [-0.15, -0.1) is 0 Å². The number of carbonyl (C=O) groups is 4. The zero-order valence-corrected chi connectivity index (χ0v) is 43.8. The molecule has 36 heteroatoms. The number of hydrogen-bond acceptors (Lipinski definition) is 17. The third-order valence-electron chi connectivity index (χ3n) is 11.6. The Morgan fingerprint density at radius 2 is 1.22 bits per heavy atom. The number of carbonyl (C=O) groups excluding carboxylic acids is 2. The van der Waals surface area contributed by atoms with E-state index in [1.165, 1.54) is 36.8 Å². The number of amides is 2. The largest absolute Gasteiger partial charge is 0.481 e. The van der Waals surface area contributed by atoms with Gasteiger partial charge in [0.2, 0.25) is 0 Å². The number of hydrogen-bond donors (Lipinski definition) is 8. The fraction of sp³-hybridized carbons (Fsp3) is 0.265. The summed E-state index contributed by atoms with van der Waals surface area (Å²) in [5.41, 5.74) is 3.01. The summed E-state index contributed by atoms with van der Waals surface area (Å²) in [6.07, 6.45) is -2.32. The number of carboxylic acids is 2. The normalized spacial score (nSPS) is 15.7. The van der Waals surface area contributed by atoms with Crippen LogP contribution in [0.1, 0.15) is 42.8 Å². The number of nitrogens with two attached hydrogens (primary N) is 2. The molecule has 0 aliphatic carbocycles.